The topological polar surface area (TPSA) is 17.0 Å². The molecule has 0 aliphatic rings. The van der Waals surface area contributed by atoms with Gasteiger partial charge in [0, 0.05) is 17.9 Å². The molecule has 1 aromatic rings. The minimum atomic E-state index is 1.07. The summed E-state index contributed by atoms with van der Waals surface area (Å²) in [5, 5.41) is 0. The maximum absolute atomic E-state index is 3.41. The number of unbranched alkanes of at least 4 members (excludes halogenated alkanes) is 2. The van der Waals surface area contributed by atoms with Gasteiger partial charge < -0.3 is 5.43 Å². The number of aryl methyl sites for hydroxylation is 2. The Kier molecular flexibility index (Phi) is 3.87. The summed E-state index contributed by atoms with van der Waals surface area (Å²) in [5.41, 5.74) is 5.98. The second-order valence-corrected chi connectivity index (χ2v) is 3.57. The van der Waals surface area contributed by atoms with Crippen LogP contribution in [0.5, 0.6) is 0 Å². The van der Waals surface area contributed by atoms with Gasteiger partial charge in [-0.2, -0.15) is 0 Å². The molecular weight excluding hydrogens is 160 g/mol. The molecular formula is C11H20N2. The molecule has 0 radical (unpaired) electrons. The Morgan fingerprint density at radius 2 is 1.77 bits per heavy atom. The van der Waals surface area contributed by atoms with E-state index in [1.807, 2.05) is 0 Å². The molecule has 0 saturated carbocycles. The summed E-state index contributed by atoms with van der Waals surface area (Å²) in [6, 6.07) is 4.28. The van der Waals surface area contributed by atoms with Gasteiger partial charge in [0.05, 0.1) is 0 Å². The average Bonchev–Trinajstić information content (AvgIpc) is 2.42. The van der Waals surface area contributed by atoms with E-state index in [0.717, 1.165) is 6.54 Å². The number of rotatable bonds is 5. The van der Waals surface area contributed by atoms with E-state index in [0.29, 0.717) is 0 Å². The minimum absolute atomic E-state index is 1.07. The van der Waals surface area contributed by atoms with Crippen LogP contribution in [-0.4, -0.2) is 11.2 Å². The van der Waals surface area contributed by atoms with Crippen LogP contribution in [0.15, 0.2) is 12.1 Å². The number of hydrogen-bond acceptors (Lipinski definition) is 1. The number of nitrogens with one attached hydrogen (secondary N) is 1. The highest BCUT2D eigenvalue weighted by atomic mass is 15.4. The van der Waals surface area contributed by atoms with Crippen molar-refractivity contribution in [3.8, 4) is 0 Å². The van der Waals surface area contributed by atoms with Crippen molar-refractivity contribution < 1.29 is 0 Å². The third-order valence-electron chi connectivity index (χ3n) is 2.32. The first-order chi connectivity index (χ1) is 6.25. The highest BCUT2D eigenvalue weighted by molar-refractivity contribution is 5.15. The summed E-state index contributed by atoms with van der Waals surface area (Å²) in [6.07, 6.45) is 3.85. The van der Waals surface area contributed by atoms with Gasteiger partial charge in [-0.3, -0.25) is 4.68 Å². The van der Waals surface area contributed by atoms with Crippen molar-refractivity contribution in [3.05, 3.63) is 23.5 Å². The van der Waals surface area contributed by atoms with Crippen LogP contribution in [0, 0.1) is 13.8 Å². The molecule has 0 atom stereocenters. The zero-order valence-corrected chi connectivity index (χ0v) is 8.93. The Labute approximate surface area is 80.9 Å². The molecule has 0 amide bonds. The molecule has 1 N–H and O–H groups in total. The van der Waals surface area contributed by atoms with Crippen molar-refractivity contribution >= 4 is 0 Å². The Morgan fingerprint density at radius 3 is 2.31 bits per heavy atom. The number of aromatic nitrogens is 1. The third-order valence-corrected chi connectivity index (χ3v) is 2.32. The molecule has 13 heavy (non-hydrogen) atoms. The number of nitrogens with zero attached hydrogens (tertiary/aromatic N) is 1. The zero-order chi connectivity index (χ0) is 9.68. The average molecular weight is 180 g/mol. The molecule has 0 aliphatic heterocycles. The maximum Gasteiger partial charge on any atom is 0.0366 e. The zero-order valence-electron chi connectivity index (χ0n) is 8.93. The maximum atomic E-state index is 3.41. The van der Waals surface area contributed by atoms with Crippen molar-refractivity contribution in [2.45, 2.75) is 40.0 Å². The van der Waals surface area contributed by atoms with Gasteiger partial charge in [-0.1, -0.05) is 19.8 Å². The molecule has 2 nitrogen and oxygen atoms in total. The molecule has 0 fully saturated rings. The SMILES string of the molecule is CCCCCNn1c(C)ccc1C. The van der Waals surface area contributed by atoms with Crippen LogP contribution < -0.4 is 5.43 Å². The van der Waals surface area contributed by atoms with Crippen molar-refractivity contribution in [1.82, 2.24) is 4.68 Å². The molecule has 1 aromatic heterocycles. The van der Waals surface area contributed by atoms with Gasteiger partial charge in [-0.25, -0.2) is 0 Å². The monoisotopic (exact) mass is 180 g/mol. The summed E-state index contributed by atoms with van der Waals surface area (Å²) in [4.78, 5) is 0. The van der Waals surface area contributed by atoms with Gasteiger partial charge in [-0.15, -0.1) is 0 Å². The van der Waals surface area contributed by atoms with E-state index < -0.39 is 0 Å². The van der Waals surface area contributed by atoms with E-state index in [9.17, 15) is 0 Å². The third kappa shape index (κ3) is 2.79. The van der Waals surface area contributed by atoms with Crippen LogP contribution in [0.2, 0.25) is 0 Å². The van der Waals surface area contributed by atoms with Crippen LogP contribution >= 0.6 is 0 Å². The first kappa shape index (κ1) is 10.2. The van der Waals surface area contributed by atoms with Gasteiger partial charge >= 0.3 is 0 Å². The predicted octanol–water partition coefficient (Wildman–Crippen LogP) is 2.84. The van der Waals surface area contributed by atoms with E-state index >= 15 is 0 Å². The second kappa shape index (κ2) is 4.95. The summed E-state index contributed by atoms with van der Waals surface area (Å²) in [6.45, 7) is 7.55. The van der Waals surface area contributed by atoms with Crippen LogP contribution in [0.25, 0.3) is 0 Å². The van der Waals surface area contributed by atoms with Crippen molar-refractivity contribution in [2.24, 2.45) is 0 Å². The van der Waals surface area contributed by atoms with E-state index in [1.165, 1.54) is 30.7 Å². The second-order valence-electron chi connectivity index (χ2n) is 3.57. The lowest BCUT2D eigenvalue weighted by atomic mass is 10.2. The summed E-state index contributed by atoms with van der Waals surface area (Å²) in [5.74, 6) is 0. The molecule has 1 rings (SSSR count). The Balaban J connectivity index is 2.36. The smallest absolute Gasteiger partial charge is 0.0366 e. The standard InChI is InChI=1S/C11H20N2/c1-4-5-6-9-12-13-10(2)7-8-11(13)3/h7-8,12H,4-6,9H2,1-3H3. The summed E-state index contributed by atoms with van der Waals surface area (Å²) >= 11 is 0. The van der Waals surface area contributed by atoms with E-state index in [2.05, 4.69) is 43.0 Å². The lowest BCUT2D eigenvalue weighted by Crippen LogP contribution is -2.18. The van der Waals surface area contributed by atoms with Crippen LogP contribution in [0.1, 0.15) is 37.6 Å². The Hall–Kier alpha value is -0.920. The first-order valence-corrected chi connectivity index (χ1v) is 5.14. The Bertz CT molecular complexity index is 231. The molecule has 2 heteroatoms. The fourth-order valence-electron chi connectivity index (χ4n) is 1.48. The molecule has 0 unspecified atom stereocenters. The Morgan fingerprint density at radius 1 is 1.15 bits per heavy atom. The van der Waals surface area contributed by atoms with E-state index in [-0.39, 0.29) is 0 Å². The van der Waals surface area contributed by atoms with E-state index in [4.69, 9.17) is 0 Å². The minimum Gasteiger partial charge on any atom is -0.326 e. The van der Waals surface area contributed by atoms with Gasteiger partial charge in [0.1, 0.15) is 0 Å². The quantitative estimate of drug-likeness (QED) is 0.689. The van der Waals surface area contributed by atoms with Crippen LogP contribution in [0.4, 0.5) is 0 Å². The van der Waals surface area contributed by atoms with Gasteiger partial charge in [0.2, 0.25) is 0 Å². The molecule has 0 aromatic carbocycles. The van der Waals surface area contributed by atoms with Crippen LogP contribution in [-0.2, 0) is 0 Å². The molecule has 0 spiro atoms. The normalized spacial score (nSPS) is 10.4. The predicted molar refractivity (Wildman–Crippen MR) is 57.7 cm³/mol. The molecule has 0 saturated heterocycles. The van der Waals surface area contributed by atoms with Crippen molar-refractivity contribution in [2.75, 3.05) is 12.0 Å². The molecule has 0 aliphatic carbocycles. The molecule has 0 bridgehead atoms. The molecule has 74 valence electrons. The van der Waals surface area contributed by atoms with Crippen molar-refractivity contribution in [1.29, 1.82) is 0 Å². The number of hydrogen-bond donors (Lipinski definition) is 1. The highest BCUT2D eigenvalue weighted by Gasteiger charge is 1.98. The fourth-order valence-corrected chi connectivity index (χ4v) is 1.48. The molecule has 1 heterocycles. The summed E-state index contributed by atoms with van der Waals surface area (Å²) < 4.78 is 2.16. The van der Waals surface area contributed by atoms with Gasteiger partial charge in [0.15, 0.2) is 0 Å². The highest BCUT2D eigenvalue weighted by Crippen LogP contribution is 2.04. The largest absolute Gasteiger partial charge is 0.326 e. The lowest BCUT2D eigenvalue weighted by molar-refractivity contribution is 0.691. The van der Waals surface area contributed by atoms with Gasteiger partial charge in [0.25, 0.3) is 0 Å². The first-order valence-electron chi connectivity index (χ1n) is 5.14. The van der Waals surface area contributed by atoms with Crippen LogP contribution in [0.3, 0.4) is 0 Å². The summed E-state index contributed by atoms with van der Waals surface area (Å²) in [7, 11) is 0. The van der Waals surface area contributed by atoms with Gasteiger partial charge in [-0.05, 0) is 32.4 Å². The fraction of sp³-hybridized carbons (Fsp3) is 0.636. The van der Waals surface area contributed by atoms with E-state index in [1.54, 1.807) is 0 Å². The van der Waals surface area contributed by atoms with Crippen molar-refractivity contribution in [3.63, 3.8) is 0 Å². The lowest BCUT2D eigenvalue weighted by Gasteiger charge is -2.11.